The fourth-order valence-electron chi connectivity index (χ4n) is 26.1. The highest BCUT2D eigenvalue weighted by molar-refractivity contribution is 6.97. The molecule has 16 aromatic rings. The van der Waals surface area contributed by atoms with Crippen molar-refractivity contribution >= 4 is 46.2 Å². The van der Waals surface area contributed by atoms with Gasteiger partial charge in [0.2, 0.25) is 13.4 Å². The molecule has 640 valence electrons. The normalized spacial score (nSPS) is 20.8. The molecule has 4 aromatic heterocycles. The van der Waals surface area contributed by atoms with Crippen LogP contribution < -0.4 is 32.8 Å². The van der Waals surface area contributed by atoms with Gasteiger partial charge in [-0.1, -0.05) is 379 Å². The summed E-state index contributed by atoms with van der Waals surface area (Å²) in [7, 11) is 0. The molecule has 12 aromatic carbocycles. The highest BCUT2D eigenvalue weighted by atomic mass is 15.1. The number of rotatable bonds is 18. The first-order chi connectivity index (χ1) is 63.1. The maximum absolute atomic E-state index is 5.69. The summed E-state index contributed by atoms with van der Waals surface area (Å²) in [5, 5.41) is 0. The lowest BCUT2D eigenvalue weighted by Crippen LogP contribution is -2.57. The lowest BCUT2D eigenvalue weighted by molar-refractivity contribution is -0.0356. The molecule has 0 amide bonds. The Kier molecular flexibility index (Phi) is 21.8. The Morgan fingerprint density at radius 1 is 0.208 bits per heavy atom. The molecule has 4 atom stereocenters. The van der Waals surface area contributed by atoms with Crippen LogP contribution in [0.1, 0.15) is 167 Å². The average molecular weight is 1690 g/mol. The molecule has 0 radical (unpaired) electrons. The molecule has 12 heteroatoms. The molecule has 4 unspecified atom stereocenters. The second kappa shape index (κ2) is 33.8. The van der Waals surface area contributed by atoms with Gasteiger partial charge < -0.3 is 0 Å². The third-order valence-corrected chi connectivity index (χ3v) is 30.2. The Hall–Kier alpha value is -13.1. The van der Waals surface area contributed by atoms with E-state index in [1.54, 1.807) is 0 Å². The summed E-state index contributed by atoms with van der Waals surface area (Å²) in [4.78, 5) is 54.5. The average Bonchev–Trinajstić information content (AvgIpc) is 0.702. The minimum absolute atomic E-state index is 0.0856. The van der Waals surface area contributed by atoms with E-state index < -0.39 is 0 Å². The van der Waals surface area contributed by atoms with Gasteiger partial charge in [-0.2, -0.15) is 0 Å². The maximum atomic E-state index is 5.69. The third kappa shape index (κ3) is 15.8. The predicted octanol–water partition coefficient (Wildman–Crippen LogP) is 23.0. The van der Waals surface area contributed by atoms with E-state index in [1.807, 2.05) is 12.1 Å². The molecular weight excluding hydrogens is 1580 g/mol. The minimum Gasteiger partial charge on any atom is -0.232 e. The zero-order valence-corrected chi connectivity index (χ0v) is 77.1. The quantitative estimate of drug-likeness (QED) is 0.0766. The zero-order chi connectivity index (χ0) is 88.9. The van der Waals surface area contributed by atoms with E-state index in [0.29, 0.717) is 23.7 Å². The van der Waals surface area contributed by atoms with E-state index in [0.717, 1.165) is 178 Å². The molecule has 0 saturated heterocycles. The molecule has 0 N–H and O–H groups in total. The van der Waals surface area contributed by atoms with Crippen LogP contribution in [0.3, 0.4) is 0 Å². The Balaban J connectivity index is 0.000000157. The van der Waals surface area contributed by atoms with Crippen LogP contribution in [-0.2, 0) is 21.7 Å². The Labute approximate surface area is 768 Å². The van der Waals surface area contributed by atoms with Gasteiger partial charge in [0, 0.05) is 66.2 Å². The topological polar surface area (TPSA) is 129 Å². The summed E-state index contributed by atoms with van der Waals surface area (Å²) in [6.45, 7) is 27.2. The van der Waals surface area contributed by atoms with Gasteiger partial charge in [0.15, 0.2) is 23.3 Å². The molecule has 10 nitrogen and oxygen atoms in total. The first-order valence-corrected chi connectivity index (χ1v) is 47.2. The molecule has 8 saturated carbocycles. The number of aromatic nitrogens is 10. The van der Waals surface area contributed by atoms with E-state index in [2.05, 4.69) is 362 Å². The maximum Gasteiger partial charge on any atom is 0.242 e. The van der Waals surface area contributed by atoms with Gasteiger partial charge in [-0.25, -0.2) is 49.8 Å². The summed E-state index contributed by atoms with van der Waals surface area (Å²) in [5.41, 5.74) is 35.7. The second-order valence-electron chi connectivity index (χ2n) is 40.1. The van der Waals surface area contributed by atoms with Crippen LogP contribution in [0.4, 0.5) is 0 Å². The number of benzene rings is 12. The number of aryl methyl sites for hydroxylation is 12. The van der Waals surface area contributed by atoms with Crippen molar-refractivity contribution in [1.82, 2.24) is 49.8 Å². The SMILES string of the molecule is Cc1cc(C)c(B(c2ccc(-c3cc(-c4ccccc4)nc(C45CC6CC(CC(c7nc(-c8ccccc8)cc(-c8ccccc8)n7)(C6)C4)C5)n3)cc2)c2c(C)cc(C)cc2C)c(C)c1.Cc1cc(C)c(B(c2ccc(-c3nc(-c4ccccc4)nc(C45CC6CC(CC(c7nc(-c8ccccc8)nc(-c8ccccc8)n7)(C6)C4)C5)n3)cc2)c2c(C)cc(C)cc2C)c(C)c1. The fraction of sp³-hybridized carbons (Fsp3) is 0.271. The Bertz CT molecular complexity index is 6220. The van der Waals surface area contributed by atoms with Crippen LogP contribution in [0.15, 0.2) is 291 Å². The number of nitrogens with zero attached hydrogens (tertiary/aromatic N) is 10. The van der Waals surface area contributed by atoms with Gasteiger partial charge in [-0.3, -0.25) is 0 Å². The van der Waals surface area contributed by atoms with Crippen LogP contribution in [0.2, 0.25) is 0 Å². The third-order valence-electron chi connectivity index (χ3n) is 30.2. The Morgan fingerprint density at radius 3 is 0.631 bits per heavy atom. The van der Waals surface area contributed by atoms with Gasteiger partial charge in [-0.05, 0) is 196 Å². The van der Waals surface area contributed by atoms with Crippen molar-refractivity contribution in [3.05, 3.63) is 381 Å². The van der Waals surface area contributed by atoms with Gasteiger partial charge in [-0.15, -0.1) is 0 Å². The molecule has 4 heterocycles. The second-order valence-corrected chi connectivity index (χ2v) is 40.1. The van der Waals surface area contributed by atoms with E-state index in [9.17, 15) is 0 Å². The first kappa shape index (κ1) is 83.8. The molecule has 8 aliphatic rings. The van der Waals surface area contributed by atoms with E-state index in [-0.39, 0.29) is 35.1 Å². The molecule has 8 bridgehead atoms. The van der Waals surface area contributed by atoms with Gasteiger partial charge in [0.1, 0.15) is 23.3 Å². The molecule has 130 heavy (non-hydrogen) atoms. The van der Waals surface area contributed by atoms with Gasteiger partial charge >= 0.3 is 0 Å². The highest BCUT2D eigenvalue weighted by Gasteiger charge is 2.63. The Morgan fingerprint density at radius 2 is 0.400 bits per heavy atom. The van der Waals surface area contributed by atoms with Crippen molar-refractivity contribution in [3.63, 3.8) is 0 Å². The summed E-state index contributed by atoms with van der Waals surface area (Å²) in [5.74, 6) is 8.98. The fourth-order valence-corrected chi connectivity index (χ4v) is 26.1. The van der Waals surface area contributed by atoms with Crippen molar-refractivity contribution in [3.8, 4) is 90.6 Å². The first-order valence-electron chi connectivity index (χ1n) is 47.2. The van der Waals surface area contributed by atoms with Crippen molar-refractivity contribution in [2.24, 2.45) is 23.7 Å². The van der Waals surface area contributed by atoms with Crippen molar-refractivity contribution < 1.29 is 0 Å². The van der Waals surface area contributed by atoms with E-state index in [1.165, 1.54) is 112 Å². The molecule has 0 spiro atoms. The van der Waals surface area contributed by atoms with E-state index in [4.69, 9.17) is 49.8 Å². The van der Waals surface area contributed by atoms with Gasteiger partial charge in [0.05, 0.1) is 22.8 Å². The number of hydrogen-bond acceptors (Lipinski definition) is 10. The minimum atomic E-state index is -0.232. The van der Waals surface area contributed by atoms with Crippen LogP contribution in [0, 0.1) is 107 Å². The molecule has 8 fully saturated rings. The van der Waals surface area contributed by atoms with Crippen molar-refractivity contribution in [2.45, 2.75) is 182 Å². The lowest BCUT2D eigenvalue weighted by Gasteiger charge is -2.61. The monoisotopic (exact) mass is 1690 g/mol. The van der Waals surface area contributed by atoms with Crippen molar-refractivity contribution in [2.75, 3.05) is 0 Å². The summed E-state index contributed by atoms with van der Waals surface area (Å²) in [6, 6.07) is 105. The number of hydrogen-bond donors (Lipinski definition) is 0. The largest absolute Gasteiger partial charge is 0.242 e. The van der Waals surface area contributed by atoms with Crippen LogP contribution >= 0.6 is 0 Å². The van der Waals surface area contributed by atoms with Crippen molar-refractivity contribution in [1.29, 1.82) is 0 Å². The highest BCUT2D eigenvalue weighted by Crippen LogP contribution is 2.67. The summed E-state index contributed by atoms with van der Waals surface area (Å²) in [6.07, 6.45) is 13.1. The van der Waals surface area contributed by atoms with Crippen LogP contribution in [0.5, 0.6) is 0 Å². The lowest BCUT2D eigenvalue weighted by atomic mass is 9.34. The molecule has 24 rings (SSSR count). The molecular formula is C118H112B2N10. The predicted molar refractivity (Wildman–Crippen MR) is 535 cm³/mol. The summed E-state index contributed by atoms with van der Waals surface area (Å²) < 4.78 is 0. The van der Waals surface area contributed by atoms with Crippen LogP contribution in [0.25, 0.3) is 90.6 Å². The van der Waals surface area contributed by atoms with E-state index >= 15 is 0 Å². The van der Waals surface area contributed by atoms with Gasteiger partial charge in [0.25, 0.3) is 0 Å². The zero-order valence-electron chi connectivity index (χ0n) is 77.1. The molecule has 0 aliphatic heterocycles. The summed E-state index contributed by atoms with van der Waals surface area (Å²) >= 11 is 0. The molecule has 8 aliphatic carbocycles. The van der Waals surface area contributed by atoms with Crippen LogP contribution in [-0.4, -0.2) is 63.3 Å². The standard InChI is InChI=1S/C60H57BN4.C58H55BN6/c1-38-26-40(3)55(41(4)27-38)61(56-42(5)28-39(2)29-43(56)6)50-24-22-49(23-25-50)54-32-53(48-20-14-9-15-21-48)64-58(65-54)60-35-44-30-45(36-60)34-59(33-44,37-60)57-62-51(46-16-10-7-11-17-46)31-52(63-57)47-18-12-8-13-19-47;1-36-26-38(3)49(39(4)27-36)59(50-40(5)28-37(2)29-41(50)6)48-24-22-47(23-25-48)54-61-53(46-20-14-9-15-21-46)64-56(65-54)58-33-42-30-43(34-58)32-57(31-42,35-58)55-62-51(44-16-10-7-11-17-44)60-52(63-55)45-18-12-8-13-19-45/h7-29,31-32,44-45H,30,33-37H2,1-6H3;7-29,42-43H,30-35H2,1-6H3. The smallest absolute Gasteiger partial charge is 0.232 e.